The van der Waals surface area contributed by atoms with Crippen molar-refractivity contribution >= 4 is 35.1 Å². The lowest BCUT2D eigenvalue weighted by molar-refractivity contribution is -0.127. The number of ketones is 2. The van der Waals surface area contributed by atoms with E-state index in [2.05, 4.69) is 20.9 Å². The van der Waals surface area contributed by atoms with Gasteiger partial charge in [-0.1, -0.05) is 66.7 Å². The number of ether oxygens (including phenoxy) is 1. The first-order valence-electron chi connectivity index (χ1n) is 16.8. The van der Waals surface area contributed by atoms with Crippen LogP contribution in [-0.4, -0.2) is 53.4 Å². The number of amides is 3. The van der Waals surface area contributed by atoms with Gasteiger partial charge in [-0.15, -0.1) is 0 Å². The minimum atomic E-state index is -1.34. The van der Waals surface area contributed by atoms with Crippen molar-refractivity contribution in [3.8, 4) is 0 Å². The summed E-state index contributed by atoms with van der Waals surface area (Å²) in [5.41, 5.74) is 2.41. The number of hydrogen-bond donors (Lipinski definition) is 3. The molecule has 1 saturated heterocycles. The summed E-state index contributed by atoms with van der Waals surface area (Å²) in [4.78, 5) is 53.4. The van der Waals surface area contributed by atoms with E-state index in [9.17, 15) is 23.6 Å². The molecular weight excluding hydrogens is 635 g/mol. The van der Waals surface area contributed by atoms with Crippen molar-refractivity contribution in [1.29, 1.82) is 0 Å². The summed E-state index contributed by atoms with van der Waals surface area (Å²) in [6.45, 7) is 5.87. The van der Waals surface area contributed by atoms with Gasteiger partial charge < -0.3 is 15.4 Å². The number of anilines is 2. The molecule has 3 N–H and O–H groups in total. The molecule has 5 rings (SSSR count). The van der Waals surface area contributed by atoms with Crippen LogP contribution >= 0.6 is 0 Å². The van der Waals surface area contributed by atoms with Crippen LogP contribution in [-0.2, 0) is 17.6 Å². The summed E-state index contributed by atoms with van der Waals surface area (Å²) in [6.07, 6.45) is 1.98. The molecular formula is C40H43FN4O5. The molecule has 1 aliphatic heterocycles. The van der Waals surface area contributed by atoms with Gasteiger partial charge in [0.05, 0.1) is 6.04 Å². The smallest absolute Gasteiger partial charge is 0.413 e. The predicted octanol–water partition coefficient (Wildman–Crippen LogP) is 7.88. The SMILES string of the molecule is CC(=O)c1cccc(NC(=O)N[C@@H](Cc2ccccc2)[C@](C)(OC(=O)Nc2cccc(C(C)=O)c2)N2CCC(Cc3ccc(F)cc3)CC2)c1. The second kappa shape index (κ2) is 16.4. The lowest BCUT2D eigenvalue weighted by Crippen LogP contribution is -2.65. The molecule has 1 aliphatic rings. The van der Waals surface area contributed by atoms with E-state index in [4.69, 9.17) is 4.74 Å². The maximum Gasteiger partial charge on any atom is 0.413 e. The molecule has 3 amide bonds. The van der Waals surface area contributed by atoms with Crippen molar-refractivity contribution in [3.05, 3.63) is 131 Å². The van der Waals surface area contributed by atoms with E-state index in [1.165, 1.54) is 26.0 Å². The van der Waals surface area contributed by atoms with Crippen LogP contribution < -0.4 is 16.0 Å². The van der Waals surface area contributed by atoms with Gasteiger partial charge in [0.1, 0.15) is 5.82 Å². The maximum absolute atomic E-state index is 13.7. The van der Waals surface area contributed by atoms with Crippen molar-refractivity contribution in [2.45, 2.75) is 58.2 Å². The summed E-state index contributed by atoms with van der Waals surface area (Å²) in [5.74, 6) is -0.196. The maximum atomic E-state index is 13.7. The normalized spacial score (nSPS) is 15.3. The number of halogens is 1. The fourth-order valence-electron chi connectivity index (χ4n) is 6.40. The molecule has 2 atom stereocenters. The number of rotatable bonds is 12. The van der Waals surface area contributed by atoms with Crippen LogP contribution in [0.4, 0.5) is 25.4 Å². The van der Waals surface area contributed by atoms with Crippen LogP contribution in [0.3, 0.4) is 0 Å². The Balaban J connectivity index is 1.42. The van der Waals surface area contributed by atoms with Crippen molar-refractivity contribution in [2.75, 3.05) is 23.7 Å². The Kier molecular flexibility index (Phi) is 11.8. The van der Waals surface area contributed by atoms with E-state index >= 15 is 0 Å². The van der Waals surface area contributed by atoms with Crippen molar-refractivity contribution in [1.82, 2.24) is 10.2 Å². The molecule has 4 aromatic carbocycles. The van der Waals surface area contributed by atoms with Crippen LogP contribution in [0, 0.1) is 11.7 Å². The summed E-state index contributed by atoms with van der Waals surface area (Å²) in [6, 6.07) is 28.2. The monoisotopic (exact) mass is 678 g/mol. The highest BCUT2D eigenvalue weighted by molar-refractivity contribution is 5.97. The molecule has 1 fully saturated rings. The first-order valence-corrected chi connectivity index (χ1v) is 16.8. The van der Waals surface area contributed by atoms with Gasteiger partial charge in [0, 0.05) is 35.6 Å². The van der Waals surface area contributed by atoms with E-state index in [0.717, 1.165) is 30.4 Å². The minimum absolute atomic E-state index is 0.125. The van der Waals surface area contributed by atoms with Crippen LogP contribution in [0.2, 0.25) is 0 Å². The Morgan fingerprint density at radius 3 is 1.94 bits per heavy atom. The van der Waals surface area contributed by atoms with E-state index < -0.39 is 23.9 Å². The first-order chi connectivity index (χ1) is 24.0. The van der Waals surface area contributed by atoms with E-state index in [1.54, 1.807) is 48.5 Å². The van der Waals surface area contributed by atoms with Gasteiger partial charge in [0.25, 0.3) is 0 Å². The lowest BCUT2D eigenvalue weighted by Gasteiger charge is -2.48. The van der Waals surface area contributed by atoms with Crippen LogP contribution in [0.25, 0.3) is 0 Å². The predicted molar refractivity (Wildman–Crippen MR) is 192 cm³/mol. The van der Waals surface area contributed by atoms with E-state index in [1.807, 2.05) is 49.4 Å². The van der Waals surface area contributed by atoms with E-state index in [-0.39, 0.29) is 17.4 Å². The lowest BCUT2D eigenvalue weighted by atomic mass is 9.87. The molecule has 10 heteroatoms. The standard InChI is InChI=1S/C40H43FN4O5/c1-27(46)32-11-7-13-35(25-32)42-38(48)44-37(24-29-9-5-4-6-10-29)40(3,50-39(49)43-36-14-8-12-33(26-36)28(2)47)45-21-19-31(20-22-45)23-30-15-17-34(41)18-16-30/h4-18,25-26,31,37H,19-24H2,1-3H3,(H,43,49)(H2,42,44,48)/t37-,40-/m0/s1. The van der Waals surface area contributed by atoms with Gasteiger partial charge in [-0.05, 0) is 99.9 Å². The minimum Gasteiger partial charge on any atom is -0.425 e. The van der Waals surface area contributed by atoms with Gasteiger partial charge in [-0.2, -0.15) is 0 Å². The molecule has 0 saturated carbocycles. The molecule has 9 nitrogen and oxygen atoms in total. The number of urea groups is 1. The molecule has 0 spiro atoms. The fraction of sp³-hybridized carbons (Fsp3) is 0.300. The molecule has 0 radical (unpaired) electrons. The van der Waals surface area contributed by atoms with Gasteiger partial charge in [-0.25, -0.2) is 14.0 Å². The number of Topliss-reactive ketones (excluding diaryl/α,β-unsaturated/α-hetero) is 2. The number of carbonyl (C=O) groups excluding carboxylic acids is 4. The third kappa shape index (κ3) is 9.63. The summed E-state index contributed by atoms with van der Waals surface area (Å²) < 4.78 is 19.9. The second-order valence-electron chi connectivity index (χ2n) is 12.9. The number of likely N-dealkylation sites (tertiary alicyclic amines) is 1. The second-order valence-corrected chi connectivity index (χ2v) is 12.9. The Morgan fingerprint density at radius 2 is 1.36 bits per heavy atom. The summed E-state index contributed by atoms with van der Waals surface area (Å²) in [7, 11) is 0. The van der Waals surface area contributed by atoms with Gasteiger partial charge in [0.2, 0.25) is 0 Å². The van der Waals surface area contributed by atoms with Crippen molar-refractivity contribution in [2.24, 2.45) is 5.92 Å². The highest BCUT2D eigenvalue weighted by atomic mass is 19.1. The highest BCUT2D eigenvalue weighted by Gasteiger charge is 2.46. The number of hydrogen-bond acceptors (Lipinski definition) is 6. The van der Waals surface area contributed by atoms with Crippen molar-refractivity contribution in [3.63, 3.8) is 0 Å². The zero-order chi connectivity index (χ0) is 35.7. The Hall–Kier alpha value is -5.35. The Bertz CT molecular complexity index is 1810. The third-order valence-electron chi connectivity index (χ3n) is 9.26. The first kappa shape index (κ1) is 35.9. The highest BCUT2D eigenvalue weighted by Crippen LogP contribution is 2.32. The average molecular weight is 679 g/mol. The van der Waals surface area contributed by atoms with Gasteiger partial charge >= 0.3 is 12.1 Å². The fourth-order valence-corrected chi connectivity index (χ4v) is 6.40. The molecule has 1 heterocycles. The van der Waals surface area contributed by atoms with E-state index in [0.29, 0.717) is 47.9 Å². The van der Waals surface area contributed by atoms with Crippen LogP contribution in [0.1, 0.15) is 65.5 Å². The summed E-state index contributed by atoms with van der Waals surface area (Å²) in [5, 5.41) is 8.71. The average Bonchev–Trinajstić information content (AvgIpc) is 3.10. The third-order valence-corrected chi connectivity index (χ3v) is 9.26. The zero-order valence-electron chi connectivity index (χ0n) is 28.6. The topological polar surface area (TPSA) is 117 Å². The number of nitrogens with zero attached hydrogens (tertiary/aromatic N) is 1. The van der Waals surface area contributed by atoms with Crippen molar-refractivity contribution < 1.29 is 28.3 Å². The number of piperidine rings is 1. The molecule has 0 bridgehead atoms. The number of carbonyl (C=O) groups is 4. The molecule has 0 aliphatic carbocycles. The summed E-state index contributed by atoms with van der Waals surface area (Å²) >= 11 is 0. The quantitative estimate of drug-likeness (QED) is 0.131. The van der Waals surface area contributed by atoms with Crippen LogP contribution in [0.15, 0.2) is 103 Å². The molecule has 4 aromatic rings. The molecule has 50 heavy (non-hydrogen) atoms. The van der Waals surface area contributed by atoms with Gasteiger partial charge in [0.15, 0.2) is 17.3 Å². The Morgan fingerprint density at radius 1 is 0.780 bits per heavy atom. The van der Waals surface area contributed by atoms with Gasteiger partial charge in [-0.3, -0.25) is 19.8 Å². The number of benzene rings is 4. The largest absolute Gasteiger partial charge is 0.425 e. The Labute approximate surface area is 292 Å². The number of nitrogens with one attached hydrogen (secondary N) is 3. The van der Waals surface area contributed by atoms with Crippen LogP contribution in [0.5, 0.6) is 0 Å². The molecule has 0 aromatic heterocycles. The molecule has 0 unspecified atom stereocenters. The zero-order valence-corrected chi connectivity index (χ0v) is 28.6. The molecule has 260 valence electrons.